The molecule has 2 rings (SSSR count). The molecule has 0 radical (unpaired) electrons. The van der Waals surface area contributed by atoms with Crippen molar-refractivity contribution in [1.29, 1.82) is 0 Å². The normalized spacial score (nSPS) is 10.2. The molecule has 5 nitrogen and oxygen atoms in total. The fourth-order valence-electron chi connectivity index (χ4n) is 1.90. The van der Waals surface area contributed by atoms with Gasteiger partial charge in [0, 0.05) is 12.6 Å². The van der Waals surface area contributed by atoms with E-state index in [9.17, 15) is 0 Å². The SMILES string of the molecule is CCCCNc1cc(Nc2ccccc2OCC)ncn1. The summed E-state index contributed by atoms with van der Waals surface area (Å²) < 4.78 is 5.60. The highest BCUT2D eigenvalue weighted by Crippen LogP contribution is 2.26. The molecule has 0 saturated carbocycles. The van der Waals surface area contributed by atoms with E-state index in [4.69, 9.17) is 4.74 Å². The standard InChI is InChI=1S/C16H22N4O/c1-3-5-10-17-15-11-16(19-12-18-15)20-13-8-6-7-9-14(13)21-4-2/h6-9,11-12H,3-5,10H2,1-2H3,(H2,17,18,19,20). The fourth-order valence-corrected chi connectivity index (χ4v) is 1.90. The van der Waals surface area contributed by atoms with Crippen molar-refractivity contribution in [2.75, 3.05) is 23.8 Å². The number of hydrogen-bond acceptors (Lipinski definition) is 5. The Morgan fingerprint density at radius 2 is 1.90 bits per heavy atom. The van der Waals surface area contributed by atoms with Gasteiger partial charge in [-0.05, 0) is 25.5 Å². The number of benzene rings is 1. The van der Waals surface area contributed by atoms with E-state index in [1.54, 1.807) is 6.33 Å². The van der Waals surface area contributed by atoms with Crippen LogP contribution in [0.1, 0.15) is 26.7 Å². The highest BCUT2D eigenvalue weighted by atomic mass is 16.5. The summed E-state index contributed by atoms with van der Waals surface area (Å²) in [6.07, 6.45) is 3.84. The molecule has 1 aromatic carbocycles. The molecular formula is C16H22N4O. The molecule has 112 valence electrons. The molecule has 2 aromatic rings. The molecule has 0 spiro atoms. The van der Waals surface area contributed by atoms with Gasteiger partial charge in [0.25, 0.3) is 0 Å². The molecule has 1 aromatic heterocycles. The number of ether oxygens (including phenoxy) is 1. The summed E-state index contributed by atoms with van der Waals surface area (Å²) in [7, 11) is 0. The number of anilines is 3. The second-order valence-electron chi connectivity index (χ2n) is 4.62. The lowest BCUT2D eigenvalue weighted by molar-refractivity contribution is 0.342. The quantitative estimate of drug-likeness (QED) is 0.722. The van der Waals surface area contributed by atoms with Crippen LogP contribution in [-0.4, -0.2) is 23.1 Å². The molecule has 0 amide bonds. The fraction of sp³-hybridized carbons (Fsp3) is 0.375. The summed E-state index contributed by atoms with van der Waals surface area (Å²) in [5, 5.41) is 6.56. The molecule has 0 aliphatic rings. The first-order valence-corrected chi connectivity index (χ1v) is 7.38. The Balaban J connectivity index is 2.07. The Morgan fingerprint density at radius 1 is 1.10 bits per heavy atom. The van der Waals surface area contributed by atoms with Crippen LogP contribution in [0.2, 0.25) is 0 Å². The number of hydrogen-bond donors (Lipinski definition) is 2. The van der Waals surface area contributed by atoms with Crippen LogP contribution >= 0.6 is 0 Å². The average molecular weight is 286 g/mol. The van der Waals surface area contributed by atoms with E-state index in [-0.39, 0.29) is 0 Å². The largest absolute Gasteiger partial charge is 0.492 e. The first-order valence-electron chi connectivity index (χ1n) is 7.38. The molecule has 1 heterocycles. The van der Waals surface area contributed by atoms with Gasteiger partial charge in [-0.15, -0.1) is 0 Å². The Kier molecular flexibility index (Phi) is 5.82. The molecule has 5 heteroatoms. The Morgan fingerprint density at radius 3 is 2.71 bits per heavy atom. The second kappa shape index (κ2) is 8.09. The molecule has 0 fully saturated rings. The van der Waals surface area contributed by atoms with Gasteiger partial charge < -0.3 is 15.4 Å². The van der Waals surface area contributed by atoms with Gasteiger partial charge in [-0.2, -0.15) is 0 Å². The van der Waals surface area contributed by atoms with Crippen molar-refractivity contribution in [3.63, 3.8) is 0 Å². The van der Waals surface area contributed by atoms with E-state index in [2.05, 4.69) is 27.5 Å². The summed E-state index contributed by atoms with van der Waals surface area (Å²) >= 11 is 0. The van der Waals surface area contributed by atoms with Crippen LogP contribution < -0.4 is 15.4 Å². The molecule has 2 N–H and O–H groups in total. The van der Waals surface area contributed by atoms with Crippen LogP contribution in [0.15, 0.2) is 36.7 Å². The van der Waals surface area contributed by atoms with Crippen LogP contribution in [0.4, 0.5) is 17.3 Å². The third kappa shape index (κ3) is 4.63. The number of nitrogens with one attached hydrogen (secondary N) is 2. The van der Waals surface area contributed by atoms with Gasteiger partial charge in [0.1, 0.15) is 23.7 Å². The topological polar surface area (TPSA) is 59.1 Å². The summed E-state index contributed by atoms with van der Waals surface area (Å²) in [4.78, 5) is 8.46. The van der Waals surface area contributed by atoms with Crippen molar-refractivity contribution < 1.29 is 4.74 Å². The number of para-hydroxylation sites is 2. The van der Waals surface area contributed by atoms with Crippen LogP contribution in [0, 0.1) is 0 Å². The number of unbranched alkanes of at least 4 members (excludes halogenated alkanes) is 1. The van der Waals surface area contributed by atoms with Gasteiger partial charge in [0.15, 0.2) is 0 Å². The van der Waals surface area contributed by atoms with E-state index >= 15 is 0 Å². The summed E-state index contributed by atoms with van der Waals surface area (Å²) in [5.41, 5.74) is 0.901. The minimum absolute atomic E-state index is 0.631. The minimum atomic E-state index is 0.631. The summed E-state index contributed by atoms with van der Waals surface area (Å²) in [5.74, 6) is 2.39. The van der Waals surface area contributed by atoms with Crippen molar-refractivity contribution in [1.82, 2.24) is 9.97 Å². The van der Waals surface area contributed by atoms with Gasteiger partial charge in [0.05, 0.1) is 12.3 Å². The van der Waals surface area contributed by atoms with Crippen molar-refractivity contribution in [3.8, 4) is 5.75 Å². The van der Waals surface area contributed by atoms with Crippen molar-refractivity contribution in [2.24, 2.45) is 0 Å². The maximum Gasteiger partial charge on any atom is 0.142 e. The van der Waals surface area contributed by atoms with E-state index in [0.717, 1.165) is 42.5 Å². The molecule has 0 aliphatic carbocycles. The molecule has 0 bridgehead atoms. The Bertz CT molecular complexity index is 559. The smallest absolute Gasteiger partial charge is 0.142 e. The number of nitrogens with zero attached hydrogens (tertiary/aromatic N) is 2. The monoisotopic (exact) mass is 286 g/mol. The third-order valence-electron chi connectivity index (χ3n) is 2.95. The van der Waals surface area contributed by atoms with E-state index in [0.29, 0.717) is 6.61 Å². The average Bonchev–Trinajstić information content (AvgIpc) is 2.50. The highest BCUT2D eigenvalue weighted by Gasteiger charge is 2.04. The lowest BCUT2D eigenvalue weighted by atomic mass is 10.3. The van der Waals surface area contributed by atoms with Crippen LogP contribution in [0.5, 0.6) is 5.75 Å². The van der Waals surface area contributed by atoms with Crippen LogP contribution in [0.25, 0.3) is 0 Å². The van der Waals surface area contributed by atoms with Crippen molar-refractivity contribution in [3.05, 3.63) is 36.7 Å². The molecule has 0 unspecified atom stereocenters. The lowest BCUT2D eigenvalue weighted by Gasteiger charge is -2.12. The molecule has 0 atom stereocenters. The van der Waals surface area contributed by atoms with E-state index in [1.165, 1.54) is 0 Å². The summed E-state index contributed by atoms with van der Waals surface area (Å²) in [6.45, 7) is 5.69. The van der Waals surface area contributed by atoms with Gasteiger partial charge in [-0.25, -0.2) is 9.97 Å². The highest BCUT2D eigenvalue weighted by molar-refractivity contribution is 5.65. The Labute approximate surface area is 125 Å². The van der Waals surface area contributed by atoms with Gasteiger partial charge in [-0.1, -0.05) is 25.5 Å². The zero-order valence-electron chi connectivity index (χ0n) is 12.6. The van der Waals surface area contributed by atoms with Gasteiger partial charge in [-0.3, -0.25) is 0 Å². The molecule has 21 heavy (non-hydrogen) atoms. The Hall–Kier alpha value is -2.30. The zero-order chi connectivity index (χ0) is 14.9. The first-order chi connectivity index (χ1) is 10.3. The predicted molar refractivity (Wildman–Crippen MR) is 86.3 cm³/mol. The van der Waals surface area contributed by atoms with E-state index in [1.807, 2.05) is 37.3 Å². The van der Waals surface area contributed by atoms with Crippen molar-refractivity contribution in [2.45, 2.75) is 26.7 Å². The van der Waals surface area contributed by atoms with E-state index < -0.39 is 0 Å². The molecular weight excluding hydrogens is 264 g/mol. The zero-order valence-corrected chi connectivity index (χ0v) is 12.6. The maximum absolute atomic E-state index is 5.60. The maximum atomic E-state index is 5.60. The number of aromatic nitrogens is 2. The van der Waals surface area contributed by atoms with Crippen LogP contribution in [-0.2, 0) is 0 Å². The molecule has 0 aliphatic heterocycles. The number of rotatable bonds is 8. The third-order valence-corrected chi connectivity index (χ3v) is 2.95. The predicted octanol–water partition coefficient (Wildman–Crippen LogP) is 3.83. The summed E-state index contributed by atoms with van der Waals surface area (Å²) in [6, 6.07) is 9.73. The lowest BCUT2D eigenvalue weighted by Crippen LogP contribution is -2.04. The van der Waals surface area contributed by atoms with Crippen LogP contribution in [0.3, 0.4) is 0 Å². The van der Waals surface area contributed by atoms with Gasteiger partial charge >= 0.3 is 0 Å². The first kappa shape index (κ1) is 15.1. The van der Waals surface area contributed by atoms with Crippen molar-refractivity contribution >= 4 is 17.3 Å². The van der Waals surface area contributed by atoms with Gasteiger partial charge in [0.2, 0.25) is 0 Å². The second-order valence-corrected chi connectivity index (χ2v) is 4.62. The minimum Gasteiger partial charge on any atom is -0.492 e. The molecule has 0 saturated heterocycles.